The Balaban J connectivity index is 2.19. The number of benzene rings is 1. The highest BCUT2D eigenvalue weighted by Gasteiger charge is 2.04. The van der Waals surface area contributed by atoms with Crippen molar-refractivity contribution in [2.75, 3.05) is 17.8 Å². The molecule has 0 saturated heterocycles. The van der Waals surface area contributed by atoms with E-state index in [1.54, 1.807) is 23.1 Å². The van der Waals surface area contributed by atoms with Gasteiger partial charge in [0.05, 0.1) is 16.8 Å². The van der Waals surface area contributed by atoms with Gasteiger partial charge in [0.1, 0.15) is 0 Å². The van der Waals surface area contributed by atoms with Gasteiger partial charge in [-0.05, 0) is 32.0 Å². The van der Waals surface area contributed by atoms with Crippen molar-refractivity contribution in [1.29, 1.82) is 0 Å². The highest BCUT2D eigenvalue weighted by Crippen LogP contribution is 2.30. The Labute approximate surface area is 114 Å². The second-order valence-corrected chi connectivity index (χ2v) is 6.09. The van der Waals surface area contributed by atoms with Crippen LogP contribution in [0, 0.1) is 0 Å². The smallest absolute Gasteiger partial charge is 0.204 e. The number of rotatable bonds is 5. The topological polar surface area (TPSA) is 57.5 Å². The third-order valence-electron chi connectivity index (χ3n) is 2.10. The lowest BCUT2D eigenvalue weighted by Crippen LogP contribution is -1.91. The molecule has 0 aliphatic heterocycles. The van der Waals surface area contributed by atoms with Gasteiger partial charge in [0.25, 0.3) is 0 Å². The first-order valence-corrected chi connectivity index (χ1v) is 7.40. The molecule has 4 nitrogen and oxygen atoms in total. The van der Waals surface area contributed by atoms with E-state index in [0.29, 0.717) is 0 Å². The summed E-state index contributed by atoms with van der Waals surface area (Å²) in [5, 5.41) is 13.8. The fraction of sp³-hybridized carbons (Fsp3) is 0.333. The molecule has 2 aromatic rings. The van der Waals surface area contributed by atoms with Gasteiger partial charge in [-0.3, -0.25) is 5.43 Å². The summed E-state index contributed by atoms with van der Waals surface area (Å²) in [5.41, 5.74) is 4.88. The van der Waals surface area contributed by atoms with Crippen molar-refractivity contribution >= 4 is 44.2 Å². The molecule has 0 bridgehead atoms. The molecule has 0 saturated carbocycles. The van der Waals surface area contributed by atoms with Gasteiger partial charge < -0.3 is 5.11 Å². The molecule has 0 amide bonds. The molecular formula is C12H15N3OS2. The predicted octanol–water partition coefficient (Wildman–Crippen LogP) is 3.19. The molecule has 6 heteroatoms. The number of nitrogens with one attached hydrogen (secondary N) is 1. The molecule has 0 unspecified atom stereocenters. The molecule has 2 N–H and O–H groups in total. The zero-order chi connectivity index (χ0) is 13.0. The second kappa shape index (κ2) is 6.17. The number of hydrogen-bond donors (Lipinski definition) is 2. The molecule has 1 aromatic carbocycles. The molecule has 0 aliphatic rings. The summed E-state index contributed by atoms with van der Waals surface area (Å²) in [6.45, 7) is 4.07. The lowest BCUT2D eigenvalue weighted by atomic mass is 10.3. The Morgan fingerprint density at radius 3 is 3.06 bits per heavy atom. The van der Waals surface area contributed by atoms with Crippen LogP contribution in [0.5, 0.6) is 0 Å². The van der Waals surface area contributed by atoms with E-state index in [1.165, 1.54) is 0 Å². The molecule has 0 spiro atoms. The Kier molecular flexibility index (Phi) is 4.57. The minimum Gasteiger partial charge on any atom is -0.396 e. The van der Waals surface area contributed by atoms with Gasteiger partial charge in [-0.15, -0.1) is 11.8 Å². The van der Waals surface area contributed by atoms with Crippen LogP contribution in [-0.4, -0.2) is 28.2 Å². The number of aliphatic hydroxyl groups excluding tert-OH is 1. The minimum absolute atomic E-state index is 0.197. The zero-order valence-corrected chi connectivity index (χ0v) is 11.9. The van der Waals surface area contributed by atoms with Crippen LogP contribution in [0.15, 0.2) is 28.2 Å². The monoisotopic (exact) mass is 281 g/mol. The molecule has 0 radical (unpaired) electrons. The molecule has 0 aliphatic carbocycles. The van der Waals surface area contributed by atoms with Crippen molar-refractivity contribution in [2.24, 2.45) is 5.10 Å². The number of nitrogens with zero attached hydrogens (tertiary/aromatic N) is 2. The van der Waals surface area contributed by atoms with Gasteiger partial charge in [-0.2, -0.15) is 5.10 Å². The molecule has 2 rings (SSSR count). The van der Waals surface area contributed by atoms with Crippen LogP contribution in [0.2, 0.25) is 0 Å². The Morgan fingerprint density at radius 2 is 2.33 bits per heavy atom. The van der Waals surface area contributed by atoms with Crippen LogP contribution in [0.25, 0.3) is 10.2 Å². The van der Waals surface area contributed by atoms with Gasteiger partial charge in [0.2, 0.25) is 5.13 Å². The summed E-state index contributed by atoms with van der Waals surface area (Å²) >= 11 is 3.23. The number of hydrazone groups is 1. The van der Waals surface area contributed by atoms with Gasteiger partial charge in [-0.1, -0.05) is 11.3 Å². The van der Waals surface area contributed by atoms with Gasteiger partial charge in [0.15, 0.2) is 0 Å². The van der Waals surface area contributed by atoms with Crippen molar-refractivity contribution in [3.63, 3.8) is 0 Å². The molecule has 96 valence electrons. The van der Waals surface area contributed by atoms with E-state index >= 15 is 0 Å². The van der Waals surface area contributed by atoms with Gasteiger partial charge in [0, 0.05) is 16.4 Å². The number of aliphatic hydroxyl groups is 1. The molecule has 0 fully saturated rings. The van der Waals surface area contributed by atoms with Crippen LogP contribution in [-0.2, 0) is 0 Å². The second-order valence-electron chi connectivity index (χ2n) is 3.89. The summed E-state index contributed by atoms with van der Waals surface area (Å²) < 4.78 is 1.13. The summed E-state index contributed by atoms with van der Waals surface area (Å²) in [6, 6.07) is 6.13. The normalized spacial score (nSPS) is 10.6. The summed E-state index contributed by atoms with van der Waals surface area (Å²) in [6.07, 6.45) is 0. The maximum atomic E-state index is 8.81. The number of thiazole rings is 1. The highest BCUT2D eigenvalue weighted by atomic mass is 32.2. The fourth-order valence-electron chi connectivity index (χ4n) is 1.37. The van der Waals surface area contributed by atoms with Crippen molar-refractivity contribution in [2.45, 2.75) is 18.7 Å². The Hall–Kier alpha value is -1.11. The quantitative estimate of drug-likeness (QED) is 0.502. The van der Waals surface area contributed by atoms with Crippen molar-refractivity contribution in [1.82, 2.24) is 4.98 Å². The minimum atomic E-state index is 0.197. The molecule has 1 heterocycles. The lowest BCUT2D eigenvalue weighted by molar-refractivity contribution is 0.322. The van der Waals surface area contributed by atoms with Crippen LogP contribution >= 0.6 is 23.1 Å². The van der Waals surface area contributed by atoms with E-state index in [1.807, 2.05) is 26.0 Å². The van der Waals surface area contributed by atoms with E-state index in [-0.39, 0.29) is 6.61 Å². The average molecular weight is 281 g/mol. The van der Waals surface area contributed by atoms with Gasteiger partial charge >= 0.3 is 0 Å². The average Bonchev–Trinajstić information content (AvgIpc) is 2.75. The zero-order valence-electron chi connectivity index (χ0n) is 10.3. The lowest BCUT2D eigenvalue weighted by Gasteiger charge is -1.97. The first-order valence-electron chi connectivity index (χ1n) is 5.60. The SMILES string of the molecule is CC(C)=NNc1nc2ccc(SCCO)cc2s1. The van der Waals surface area contributed by atoms with E-state index in [4.69, 9.17) is 5.11 Å². The fourth-order valence-corrected chi connectivity index (χ4v) is 2.98. The third kappa shape index (κ3) is 3.44. The number of hydrogen-bond acceptors (Lipinski definition) is 6. The van der Waals surface area contributed by atoms with Crippen LogP contribution in [0.1, 0.15) is 13.8 Å². The number of aromatic nitrogens is 1. The van der Waals surface area contributed by atoms with Crippen molar-refractivity contribution < 1.29 is 5.11 Å². The van der Waals surface area contributed by atoms with E-state index < -0.39 is 0 Å². The molecule has 1 aromatic heterocycles. The summed E-state index contributed by atoms with van der Waals surface area (Å²) in [7, 11) is 0. The maximum absolute atomic E-state index is 8.81. The summed E-state index contributed by atoms with van der Waals surface area (Å²) in [5.74, 6) is 0.717. The predicted molar refractivity (Wildman–Crippen MR) is 79.8 cm³/mol. The van der Waals surface area contributed by atoms with Crippen LogP contribution in [0.4, 0.5) is 5.13 Å². The molecule has 18 heavy (non-hydrogen) atoms. The maximum Gasteiger partial charge on any atom is 0.204 e. The van der Waals surface area contributed by atoms with E-state index in [0.717, 1.165) is 31.7 Å². The standard InChI is InChI=1S/C12H15N3OS2/c1-8(2)14-15-12-13-10-4-3-9(17-6-5-16)7-11(10)18-12/h3-4,7,16H,5-6H2,1-2H3,(H,13,15). The number of fused-ring (bicyclic) bond motifs is 1. The van der Waals surface area contributed by atoms with E-state index in [9.17, 15) is 0 Å². The van der Waals surface area contributed by atoms with Crippen molar-refractivity contribution in [3.05, 3.63) is 18.2 Å². The highest BCUT2D eigenvalue weighted by molar-refractivity contribution is 7.99. The number of thioether (sulfide) groups is 1. The summed E-state index contributed by atoms with van der Waals surface area (Å²) in [4.78, 5) is 5.60. The van der Waals surface area contributed by atoms with Gasteiger partial charge in [-0.25, -0.2) is 4.98 Å². The van der Waals surface area contributed by atoms with Crippen molar-refractivity contribution in [3.8, 4) is 0 Å². The van der Waals surface area contributed by atoms with Crippen LogP contribution in [0.3, 0.4) is 0 Å². The molecular weight excluding hydrogens is 266 g/mol. The Morgan fingerprint density at radius 1 is 1.50 bits per heavy atom. The number of anilines is 1. The first-order chi connectivity index (χ1) is 8.69. The third-order valence-corrected chi connectivity index (χ3v) is 3.99. The van der Waals surface area contributed by atoms with Crippen LogP contribution < -0.4 is 5.43 Å². The largest absolute Gasteiger partial charge is 0.396 e. The van der Waals surface area contributed by atoms with E-state index in [2.05, 4.69) is 21.6 Å². The Bertz CT molecular complexity index is 561. The molecule has 0 atom stereocenters. The first kappa shape index (κ1) is 13.3.